The van der Waals surface area contributed by atoms with Gasteiger partial charge in [-0.15, -0.1) is 0 Å². The zero-order valence-corrected chi connectivity index (χ0v) is 8.03. The minimum Gasteiger partial charge on any atom is -0.384 e. The zero-order chi connectivity index (χ0) is 9.68. The van der Waals surface area contributed by atoms with Crippen LogP contribution in [0.4, 0.5) is 5.82 Å². The van der Waals surface area contributed by atoms with Crippen LogP contribution in [0.25, 0.3) is 0 Å². The van der Waals surface area contributed by atoms with E-state index in [0.29, 0.717) is 11.6 Å². The van der Waals surface area contributed by atoms with Crippen molar-refractivity contribution in [2.24, 2.45) is 0 Å². The maximum absolute atomic E-state index is 5.54. The van der Waals surface area contributed by atoms with Crippen LogP contribution in [-0.4, -0.2) is 17.1 Å². The number of methoxy groups -OCH3 is 1. The molecular weight excluding hydrogens is 166 g/mol. The number of aromatic nitrogens is 2. The van der Waals surface area contributed by atoms with Gasteiger partial charge in [0, 0.05) is 13.3 Å². The molecule has 72 valence electrons. The number of hydrogen-bond donors (Lipinski definition) is 1. The number of nitrogens with zero attached hydrogens (tertiary/aromatic N) is 2. The van der Waals surface area contributed by atoms with Crippen molar-refractivity contribution in [2.45, 2.75) is 25.9 Å². The molecule has 0 bridgehead atoms. The summed E-state index contributed by atoms with van der Waals surface area (Å²) in [5.41, 5.74) is 5.54. The van der Waals surface area contributed by atoms with Crippen LogP contribution in [-0.2, 0) is 4.74 Å². The van der Waals surface area contributed by atoms with Crippen LogP contribution in [0.2, 0.25) is 0 Å². The molecule has 1 unspecified atom stereocenters. The Morgan fingerprint density at radius 3 is 2.92 bits per heavy atom. The van der Waals surface area contributed by atoms with Crippen LogP contribution in [0.5, 0.6) is 0 Å². The van der Waals surface area contributed by atoms with Crippen molar-refractivity contribution < 1.29 is 4.74 Å². The summed E-state index contributed by atoms with van der Waals surface area (Å²) in [7, 11) is 1.66. The van der Waals surface area contributed by atoms with Gasteiger partial charge in [0.2, 0.25) is 0 Å². The molecule has 0 aliphatic rings. The molecule has 1 heterocycles. The van der Waals surface area contributed by atoms with E-state index in [0.717, 1.165) is 12.8 Å². The lowest BCUT2D eigenvalue weighted by Crippen LogP contribution is -2.07. The Hall–Kier alpha value is -1.16. The Labute approximate surface area is 78.1 Å². The molecule has 1 aromatic heterocycles. The summed E-state index contributed by atoms with van der Waals surface area (Å²) >= 11 is 0. The fraction of sp³-hybridized carbons (Fsp3) is 0.556. The van der Waals surface area contributed by atoms with E-state index in [4.69, 9.17) is 10.5 Å². The lowest BCUT2D eigenvalue weighted by molar-refractivity contribution is 0.0877. The van der Waals surface area contributed by atoms with Crippen LogP contribution in [0, 0.1) is 0 Å². The number of rotatable bonds is 4. The third kappa shape index (κ3) is 2.66. The topological polar surface area (TPSA) is 61.0 Å². The molecule has 1 aromatic rings. The number of nitrogen functional groups attached to an aromatic ring is 1. The quantitative estimate of drug-likeness (QED) is 0.765. The summed E-state index contributed by atoms with van der Waals surface area (Å²) < 4.78 is 5.25. The van der Waals surface area contributed by atoms with Gasteiger partial charge in [-0.1, -0.05) is 13.3 Å². The summed E-state index contributed by atoms with van der Waals surface area (Å²) in [6.45, 7) is 2.10. The van der Waals surface area contributed by atoms with Crippen molar-refractivity contribution >= 4 is 5.82 Å². The Morgan fingerprint density at radius 2 is 2.38 bits per heavy atom. The highest BCUT2D eigenvalue weighted by atomic mass is 16.5. The van der Waals surface area contributed by atoms with Gasteiger partial charge in [-0.3, -0.25) is 0 Å². The molecule has 0 aromatic carbocycles. The number of hydrogen-bond acceptors (Lipinski definition) is 4. The SMILES string of the molecule is CCCC(OC)c1nccc(N)n1. The van der Waals surface area contributed by atoms with Gasteiger partial charge in [0.15, 0.2) is 5.82 Å². The van der Waals surface area contributed by atoms with Crippen molar-refractivity contribution in [3.8, 4) is 0 Å². The second-order valence-corrected chi connectivity index (χ2v) is 2.85. The summed E-state index contributed by atoms with van der Waals surface area (Å²) in [5, 5.41) is 0. The smallest absolute Gasteiger partial charge is 0.159 e. The highest BCUT2D eigenvalue weighted by Gasteiger charge is 2.11. The first kappa shape index (κ1) is 9.92. The predicted molar refractivity (Wildman–Crippen MR) is 51.1 cm³/mol. The van der Waals surface area contributed by atoms with Crippen LogP contribution < -0.4 is 5.73 Å². The van der Waals surface area contributed by atoms with Gasteiger partial charge in [0.05, 0.1) is 0 Å². The van der Waals surface area contributed by atoms with E-state index in [1.165, 1.54) is 0 Å². The third-order valence-corrected chi connectivity index (χ3v) is 1.82. The van der Waals surface area contributed by atoms with Crippen molar-refractivity contribution in [1.29, 1.82) is 0 Å². The van der Waals surface area contributed by atoms with E-state index in [9.17, 15) is 0 Å². The molecule has 0 saturated carbocycles. The van der Waals surface area contributed by atoms with E-state index < -0.39 is 0 Å². The molecule has 13 heavy (non-hydrogen) atoms. The van der Waals surface area contributed by atoms with Crippen molar-refractivity contribution in [3.05, 3.63) is 18.1 Å². The lowest BCUT2D eigenvalue weighted by atomic mass is 10.2. The first-order chi connectivity index (χ1) is 6.27. The Morgan fingerprint density at radius 1 is 1.62 bits per heavy atom. The normalized spacial score (nSPS) is 12.8. The Bertz CT molecular complexity index is 265. The van der Waals surface area contributed by atoms with E-state index in [1.54, 1.807) is 19.4 Å². The van der Waals surface area contributed by atoms with Gasteiger partial charge in [0.25, 0.3) is 0 Å². The lowest BCUT2D eigenvalue weighted by Gasteiger charge is -2.12. The first-order valence-corrected chi connectivity index (χ1v) is 4.39. The molecule has 0 aliphatic carbocycles. The van der Waals surface area contributed by atoms with E-state index in [1.807, 2.05) is 0 Å². The molecule has 2 N–H and O–H groups in total. The minimum atomic E-state index is -0.0338. The van der Waals surface area contributed by atoms with Crippen molar-refractivity contribution in [2.75, 3.05) is 12.8 Å². The number of anilines is 1. The number of ether oxygens (including phenoxy) is 1. The van der Waals surface area contributed by atoms with E-state index in [2.05, 4.69) is 16.9 Å². The summed E-state index contributed by atoms with van der Waals surface area (Å²) in [6.07, 6.45) is 3.57. The molecule has 0 spiro atoms. The summed E-state index contributed by atoms with van der Waals surface area (Å²) in [4.78, 5) is 8.22. The van der Waals surface area contributed by atoms with Crippen molar-refractivity contribution in [1.82, 2.24) is 9.97 Å². The van der Waals surface area contributed by atoms with Crippen LogP contribution in [0.1, 0.15) is 31.7 Å². The molecule has 0 amide bonds. The second-order valence-electron chi connectivity index (χ2n) is 2.85. The standard InChI is InChI=1S/C9H15N3O/c1-3-4-7(13-2)9-11-6-5-8(10)12-9/h5-7H,3-4H2,1-2H3,(H2,10,11,12). The predicted octanol–water partition coefficient (Wildman–Crippen LogP) is 1.55. The monoisotopic (exact) mass is 181 g/mol. The molecule has 1 rings (SSSR count). The highest BCUT2D eigenvalue weighted by Crippen LogP contribution is 2.18. The van der Waals surface area contributed by atoms with Gasteiger partial charge in [-0.25, -0.2) is 9.97 Å². The maximum Gasteiger partial charge on any atom is 0.159 e. The Balaban J connectivity index is 2.78. The summed E-state index contributed by atoms with van der Waals surface area (Å²) in [5.74, 6) is 1.16. The molecule has 0 fully saturated rings. The van der Waals surface area contributed by atoms with Gasteiger partial charge >= 0.3 is 0 Å². The molecule has 0 radical (unpaired) electrons. The second kappa shape index (κ2) is 4.77. The molecule has 1 atom stereocenters. The fourth-order valence-corrected chi connectivity index (χ4v) is 1.16. The molecule has 4 nitrogen and oxygen atoms in total. The largest absolute Gasteiger partial charge is 0.384 e. The molecule has 0 saturated heterocycles. The van der Waals surface area contributed by atoms with Crippen LogP contribution in [0.3, 0.4) is 0 Å². The minimum absolute atomic E-state index is 0.0338. The van der Waals surface area contributed by atoms with E-state index >= 15 is 0 Å². The highest BCUT2D eigenvalue weighted by molar-refractivity contribution is 5.25. The molecule has 0 aliphatic heterocycles. The van der Waals surface area contributed by atoms with Gasteiger partial charge in [0.1, 0.15) is 11.9 Å². The van der Waals surface area contributed by atoms with E-state index in [-0.39, 0.29) is 6.10 Å². The maximum atomic E-state index is 5.54. The first-order valence-electron chi connectivity index (χ1n) is 4.39. The van der Waals surface area contributed by atoms with Crippen LogP contribution >= 0.6 is 0 Å². The van der Waals surface area contributed by atoms with Gasteiger partial charge in [-0.2, -0.15) is 0 Å². The average molecular weight is 181 g/mol. The zero-order valence-electron chi connectivity index (χ0n) is 8.03. The van der Waals surface area contributed by atoms with Gasteiger partial charge in [-0.05, 0) is 12.5 Å². The van der Waals surface area contributed by atoms with Crippen molar-refractivity contribution in [3.63, 3.8) is 0 Å². The number of nitrogens with two attached hydrogens (primary N) is 1. The molecule has 4 heteroatoms. The van der Waals surface area contributed by atoms with Gasteiger partial charge < -0.3 is 10.5 Å². The summed E-state index contributed by atoms with van der Waals surface area (Å²) in [6, 6.07) is 1.67. The molecular formula is C9H15N3O. The third-order valence-electron chi connectivity index (χ3n) is 1.82. The fourth-order valence-electron chi connectivity index (χ4n) is 1.16. The Kier molecular flexibility index (Phi) is 3.64. The van der Waals surface area contributed by atoms with Crippen LogP contribution in [0.15, 0.2) is 12.3 Å². The average Bonchev–Trinajstić information content (AvgIpc) is 2.14.